The lowest BCUT2D eigenvalue weighted by molar-refractivity contribution is 0.0933. The van der Waals surface area contributed by atoms with Gasteiger partial charge in [-0.05, 0) is 43.7 Å². The van der Waals surface area contributed by atoms with Gasteiger partial charge in [0.25, 0.3) is 5.91 Å². The van der Waals surface area contributed by atoms with Gasteiger partial charge in [0.15, 0.2) is 0 Å². The van der Waals surface area contributed by atoms with Gasteiger partial charge in [0.05, 0.1) is 0 Å². The van der Waals surface area contributed by atoms with Crippen molar-refractivity contribution in [1.29, 1.82) is 0 Å². The van der Waals surface area contributed by atoms with E-state index in [4.69, 9.17) is 11.6 Å². The van der Waals surface area contributed by atoms with Crippen molar-refractivity contribution in [3.05, 3.63) is 28.5 Å². The van der Waals surface area contributed by atoms with Crippen LogP contribution in [0, 0.1) is 5.92 Å². The summed E-state index contributed by atoms with van der Waals surface area (Å²) in [6.45, 7) is 4.30. The summed E-state index contributed by atoms with van der Waals surface area (Å²) < 4.78 is 0. The number of amides is 1. The van der Waals surface area contributed by atoms with E-state index >= 15 is 0 Å². The first kappa shape index (κ1) is 15.3. The van der Waals surface area contributed by atoms with Crippen LogP contribution in [0.15, 0.2) is 12.1 Å². The molecular weight excluding hydrogens is 272 g/mol. The van der Waals surface area contributed by atoms with Gasteiger partial charge in [0.2, 0.25) is 0 Å². The van der Waals surface area contributed by atoms with Crippen LogP contribution in [0.1, 0.15) is 62.0 Å². The summed E-state index contributed by atoms with van der Waals surface area (Å²) in [5.74, 6) is 0.752. The van der Waals surface area contributed by atoms with Crippen LogP contribution in [-0.2, 0) is 6.42 Å². The van der Waals surface area contributed by atoms with Gasteiger partial charge in [0, 0.05) is 17.3 Å². The van der Waals surface area contributed by atoms with E-state index < -0.39 is 0 Å². The highest BCUT2D eigenvalue weighted by Crippen LogP contribution is 2.23. The molecule has 1 N–H and O–H groups in total. The van der Waals surface area contributed by atoms with Gasteiger partial charge in [-0.3, -0.25) is 4.79 Å². The van der Waals surface area contributed by atoms with Crippen LogP contribution in [0.25, 0.3) is 0 Å². The number of carbonyl (C=O) groups is 1. The predicted octanol–water partition coefficient (Wildman–Crippen LogP) is 4.00. The molecule has 2 atom stereocenters. The van der Waals surface area contributed by atoms with E-state index in [0.29, 0.717) is 16.8 Å². The van der Waals surface area contributed by atoms with E-state index in [1.807, 2.05) is 13.0 Å². The molecular formula is C16H23ClN2O. The Morgan fingerprint density at radius 3 is 2.90 bits per heavy atom. The molecule has 1 amide bonds. The molecule has 1 aromatic heterocycles. The molecule has 1 aromatic rings. The van der Waals surface area contributed by atoms with Crippen molar-refractivity contribution in [1.82, 2.24) is 10.3 Å². The fourth-order valence-electron chi connectivity index (χ4n) is 2.76. The molecule has 3 nitrogen and oxygen atoms in total. The average molecular weight is 295 g/mol. The van der Waals surface area contributed by atoms with Crippen molar-refractivity contribution in [2.75, 3.05) is 0 Å². The topological polar surface area (TPSA) is 42.0 Å². The van der Waals surface area contributed by atoms with Crippen molar-refractivity contribution < 1.29 is 4.79 Å². The molecule has 20 heavy (non-hydrogen) atoms. The fraction of sp³-hybridized carbons (Fsp3) is 0.625. The van der Waals surface area contributed by atoms with Gasteiger partial charge in [-0.15, -0.1) is 0 Å². The molecule has 0 spiro atoms. The first-order valence-electron chi connectivity index (χ1n) is 7.55. The van der Waals surface area contributed by atoms with Crippen LogP contribution >= 0.6 is 11.6 Å². The van der Waals surface area contributed by atoms with Crippen LogP contribution in [-0.4, -0.2) is 16.9 Å². The third kappa shape index (κ3) is 4.20. The van der Waals surface area contributed by atoms with E-state index in [2.05, 4.69) is 17.2 Å². The Hall–Kier alpha value is -1.09. The summed E-state index contributed by atoms with van der Waals surface area (Å²) in [5, 5.41) is 3.54. The first-order chi connectivity index (χ1) is 9.58. The molecule has 1 heterocycles. The molecule has 1 fully saturated rings. The number of hydrogen-bond acceptors (Lipinski definition) is 2. The largest absolute Gasteiger partial charge is 0.349 e. The number of halogens is 1. The van der Waals surface area contributed by atoms with E-state index in [1.54, 1.807) is 6.07 Å². The second-order valence-electron chi connectivity index (χ2n) is 5.81. The number of carbonyl (C=O) groups excluding carboxylic acids is 1. The SMILES string of the molecule is CCc1cc(C(=O)NC2CCCC(C)CC2)cc(Cl)n1. The third-order valence-corrected chi connectivity index (χ3v) is 4.26. The van der Waals surface area contributed by atoms with Gasteiger partial charge in [0.1, 0.15) is 5.15 Å². The Balaban J connectivity index is 2.02. The fourth-order valence-corrected chi connectivity index (χ4v) is 2.99. The normalized spacial score (nSPS) is 23.1. The lowest BCUT2D eigenvalue weighted by Crippen LogP contribution is -2.34. The van der Waals surface area contributed by atoms with Crippen LogP contribution in [0.5, 0.6) is 0 Å². The zero-order chi connectivity index (χ0) is 14.5. The molecule has 0 radical (unpaired) electrons. The molecule has 4 heteroatoms. The predicted molar refractivity (Wildman–Crippen MR) is 82.1 cm³/mol. The lowest BCUT2D eigenvalue weighted by Gasteiger charge is -2.16. The average Bonchev–Trinajstić information content (AvgIpc) is 2.63. The highest BCUT2D eigenvalue weighted by Gasteiger charge is 2.19. The highest BCUT2D eigenvalue weighted by molar-refractivity contribution is 6.29. The number of rotatable bonds is 3. The molecule has 0 aliphatic heterocycles. The van der Waals surface area contributed by atoms with E-state index in [-0.39, 0.29) is 5.91 Å². The number of aromatic nitrogens is 1. The molecule has 110 valence electrons. The van der Waals surface area contributed by atoms with Crippen LogP contribution < -0.4 is 5.32 Å². The molecule has 0 aromatic carbocycles. The Morgan fingerprint density at radius 1 is 1.35 bits per heavy atom. The van der Waals surface area contributed by atoms with Gasteiger partial charge in [-0.2, -0.15) is 0 Å². The maximum absolute atomic E-state index is 12.3. The monoisotopic (exact) mass is 294 g/mol. The first-order valence-corrected chi connectivity index (χ1v) is 7.93. The zero-order valence-electron chi connectivity index (χ0n) is 12.3. The minimum Gasteiger partial charge on any atom is -0.349 e. The Bertz CT molecular complexity index is 476. The van der Waals surface area contributed by atoms with Crippen molar-refractivity contribution in [2.45, 2.75) is 58.4 Å². The van der Waals surface area contributed by atoms with Crippen molar-refractivity contribution >= 4 is 17.5 Å². The van der Waals surface area contributed by atoms with Gasteiger partial charge >= 0.3 is 0 Å². The number of hydrogen-bond donors (Lipinski definition) is 1. The minimum atomic E-state index is -0.0245. The standard InChI is InChI=1S/C16H23ClN2O/c1-3-13-9-12(10-15(17)18-13)16(20)19-14-6-4-5-11(2)7-8-14/h9-11,14H,3-8H2,1-2H3,(H,19,20). The number of aryl methyl sites for hydroxylation is 1. The molecule has 1 aliphatic rings. The summed E-state index contributed by atoms with van der Waals surface area (Å²) in [4.78, 5) is 16.5. The van der Waals surface area contributed by atoms with Crippen LogP contribution in [0.4, 0.5) is 0 Å². The summed E-state index contributed by atoms with van der Waals surface area (Å²) in [7, 11) is 0. The van der Waals surface area contributed by atoms with E-state index in [9.17, 15) is 4.79 Å². The molecule has 1 aliphatic carbocycles. The minimum absolute atomic E-state index is 0.0245. The summed E-state index contributed by atoms with van der Waals surface area (Å²) in [5.41, 5.74) is 1.48. The van der Waals surface area contributed by atoms with Gasteiger partial charge < -0.3 is 5.32 Å². The number of pyridine rings is 1. The Labute approximate surface area is 126 Å². The van der Waals surface area contributed by atoms with Gasteiger partial charge in [-0.1, -0.05) is 38.3 Å². The Kier molecular flexibility index (Phi) is 5.41. The van der Waals surface area contributed by atoms with E-state index in [1.165, 1.54) is 19.3 Å². The van der Waals surface area contributed by atoms with Crippen molar-refractivity contribution in [2.24, 2.45) is 5.92 Å². The van der Waals surface area contributed by atoms with Crippen LogP contribution in [0.3, 0.4) is 0 Å². The lowest BCUT2D eigenvalue weighted by atomic mass is 10.0. The second kappa shape index (κ2) is 7.07. The second-order valence-corrected chi connectivity index (χ2v) is 6.19. The van der Waals surface area contributed by atoms with Crippen molar-refractivity contribution in [3.8, 4) is 0 Å². The summed E-state index contributed by atoms with van der Waals surface area (Å²) >= 11 is 5.97. The maximum Gasteiger partial charge on any atom is 0.251 e. The molecule has 2 rings (SSSR count). The molecule has 1 saturated carbocycles. The zero-order valence-corrected chi connectivity index (χ0v) is 13.0. The third-order valence-electron chi connectivity index (χ3n) is 4.06. The molecule has 0 bridgehead atoms. The van der Waals surface area contributed by atoms with Crippen LogP contribution in [0.2, 0.25) is 5.15 Å². The molecule has 2 unspecified atom stereocenters. The van der Waals surface area contributed by atoms with Crippen molar-refractivity contribution in [3.63, 3.8) is 0 Å². The maximum atomic E-state index is 12.3. The quantitative estimate of drug-likeness (QED) is 0.676. The summed E-state index contributed by atoms with van der Waals surface area (Å²) in [6.07, 6.45) is 6.60. The van der Waals surface area contributed by atoms with E-state index in [0.717, 1.165) is 30.9 Å². The Morgan fingerprint density at radius 2 is 2.15 bits per heavy atom. The smallest absolute Gasteiger partial charge is 0.251 e. The number of nitrogens with zero attached hydrogens (tertiary/aromatic N) is 1. The number of nitrogens with one attached hydrogen (secondary N) is 1. The molecule has 0 saturated heterocycles. The summed E-state index contributed by atoms with van der Waals surface area (Å²) in [6, 6.07) is 3.78. The van der Waals surface area contributed by atoms with Gasteiger partial charge in [-0.25, -0.2) is 4.98 Å². The highest BCUT2D eigenvalue weighted by atomic mass is 35.5.